The Hall–Kier alpha value is -3.38. The zero-order chi connectivity index (χ0) is 22.7. The van der Waals surface area contributed by atoms with Crippen molar-refractivity contribution < 1.29 is 4.42 Å². The number of aryl methyl sites for hydroxylation is 1. The van der Waals surface area contributed by atoms with E-state index in [1.165, 1.54) is 4.40 Å². The van der Waals surface area contributed by atoms with Crippen LogP contribution in [0.15, 0.2) is 83.3 Å². The second kappa shape index (κ2) is 7.32. The monoisotopic (exact) mass is 493 g/mol. The molecule has 3 aromatic carbocycles. The molecule has 0 radical (unpaired) electrons. The third kappa shape index (κ3) is 3.28. The van der Waals surface area contributed by atoms with Gasteiger partial charge >= 0.3 is 196 Å². The minimum absolute atomic E-state index is 0.840. The topological polar surface area (TPSA) is 43.9 Å². The number of rotatable bonds is 3. The molecule has 3 aromatic heterocycles. The summed E-state index contributed by atoms with van der Waals surface area (Å²) in [6, 6.07) is 27.4. The van der Waals surface area contributed by atoms with E-state index in [-0.39, 0.29) is 0 Å². The molecule has 0 saturated carbocycles. The van der Waals surface area contributed by atoms with Gasteiger partial charge in [0.05, 0.1) is 0 Å². The van der Waals surface area contributed by atoms with Crippen LogP contribution in [0.5, 0.6) is 0 Å². The first-order chi connectivity index (χ1) is 15.9. The van der Waals surface area contributed by atoms with Crippen molar-refractivity contribution in [2.24, 2.45) is 0 Å². The van der Waals surface area contributed by atoms with E-state index in [0.717, 1.165) is 55.9 Å². The van der Waals surface area contributed by atoms with E-state index < -0.39 is 13.3 Å². The Morgan fingerprint density at radius 3 is 2.39 bits per heavy atom. The zero-order valence-electron chi connectivity index (χ0n) is 19.3. The fraction of sp³-hybridized carbons (Fsp3) is 0.143. The minimum atomic E-state index is -1.97. The van der Waals surface area contributed by atoms with Gasteiger partial charge in [0.15, 0.2) is 0 Å². The summed E-state index contributed by atoms with van der Waals surface area (Å²) < 4.78 is 10.1. The van der Waals surface area contributed by atoms with Gasteiger partial charge in [0.1, 0.15) is 0 Å². The third-order valence-electron chi connectivity index (χ3n) is 6.26. The molecule has 0 aliphatic carbocycles. The van der Waals surface area contributed by atoms with Gasteiger partial charge in [-0.15, -0.1) is 0 Å². The summed E-state index contributed by atoms with van der Waals surface area (Å²) in [5.74, 6) is 8.07. The number of hydrogen-bond acceptors (Lipinski definition) is 3. The van der Waals surface area contributed by atoms with Crippen molar-refractivity contribution in [1.82, 2.24) is 14.5 Å². The Morgan fingerprint density at radius 2 is 1.61 bits per heavy atom. The van der Waals surface area contributed by atoms with E-state index in [1.54, 1.807) is 0 Å². The van der Waals surface area contributed by atoms with Crippen molar-refractivity contribution in [3.8, 4) is 17.1 Å². The number of nitrogens with zero attached hydrogens (tertiary/aromatic N) is 3. The molecule has 0 unspecified atom stereocenters. The van der Waals surface area contributed by atoms with Crippen molar-refractivity contribution in [2.45, 2.75) is 24.2 Å². The van der Waals surface area contributed by atoms with Crippen LogP contribution in [0.4, 0.5) is 0 Å². The quantitative estimate of drug-likeness (QED) is 0.254. The van der Waals surface area contributed by atoms with E-state index in [9.17, 15) is 0 Å². The molecule has 6 aromatic rings. The molecule has 0 bridgehead atoms. The van der Waals surface area contributed by atoms with Gasteiger partial charge in [-0.3, -0.25) is 0 Å². The van der Waals surface area contributed by atoms with Crippen molar-refractivity contribution in [3.05, 3.63) is 84.6 Å². The number of pyridine rings is 1. The van der Waals surface area contributed by atoms with Crippen molar-refractivity contribution in [3.63, 3.8) is 0 Å². The normalized spacial score (nSPS) is 12.2. The van der Waals surface area contributed by atoms with Gasteiger partial charge in [-0.2, -0.15) is 0 Å². The first kappa shape index (κ1) is 20.2. The number of para-hydroxylation sites is 2. The van der Waals surface area contributed by atoms with Crippen molar-refractivity contribution in [1.29, 1.82) is 0 Å². The standard InChI is InChI=1S/C28H25GeN3O/c1-18-13-16-24-28(30-18)32(20-9-6-5-7-10-20)27(31-24)23-12-8-11-22-21-15-14-19(29(2,3)4)17-25(21)33-26(22)23/h5-17H,1-4H3. The summed E-state index contributed by atoms with van der Waals surface area (Å²) in [5, 5.41) is 2.27. The van der Waals surface area contributed by atoms with Crippen LogP contribution in [0.1, 0.15) is 5.69 Å². The Kier molecular flexibility index (Phi) is 4.49. The van der Waals surface area contributed by atoms with Crippen LogP contribution < -0.4 is 4.40 Å². The van der Waals surface area contributed by atoms with Crippen molar-refractivity contribution >= 4 is 50.8 Å². The number of benzene rings is 3. The third-order valence-corrected chi connectivity index (χ3v) is 10.6. The maximum atomic E-state index is 6.54. The van der Waals surface area contributed by atoms with Crippen LogP contribution in [0.2, 0.25) is 17.3 Å². The van der Waals surface area contributed by atoms with Gasteiger partial charge in [-0.1, -0.05) is 0 Å². The number of fused-ring (bicyclic) bond motifs is 4. The Balaban J connectivity index is 1.68. The van der Waals surface area contributed by atoms with Gasteiger partial charge in [0.2, 0.25) is 0 Å². The molecule has 0 aliphatic heterocycles. The van der Waals surface area contributed by atoms with Gasteiger partial charge in [0.25, 0.3) is 0 Å². The van der Waals surface area contributed by atoms with Crippen LogP contribution in [0.3, 0.4) is 0 Å². The van der Waals surface area contributed by atoms with E-state index >= 15 is 0 Å². The van der Waals surface area contributed by atoms with Crippen molar-refractivity contribution in [2.75, 3.05) is 0 Å². The average Bonchev–Trinajstić information content (AvgIpc) is 3.36. The summed E-state index contributed by atoms with van der Waals surface area (Å²) in [7, 11) is 0. The van der Waals surface area contributed by atoms with E-state index in [4.69, 9.17) is 14.4 Å². The first-order valence-corrected chi connectivity index (χ1v) is 18.6. The second-order valence-electron chi connectivity index (χ2n) is 9.65. The van der Waals surface area contributed by atoms with Crippen LogP contribution in [0.25, 0.3) is 50.2 Å². The van der Waals surface area contributed by atoms with E-state index in [2.05, 4.69) is 70.4 Å². The number of furan rings is 1. The van der Waals surface area contributed by atoms with Gasteiger partial charge in [0, 0.05) is 0 Å². The van der Waals surface area contributed by atoms with Crippen LogP contribution >= 0.6 is 0 Å². The molecule has 6 rings (SSSR count). The fourth-order valence-corrected chi connectivity index (χ4v) is 6.90. The number of imidazole rings is 1. The number of hydrogen-bond donors (Lipinski definition) is 0. The molecular formula is C28H25GeN3O. The molecule has 4 nitrogen and oxygen atoms in total. The first-order valence-electron chi connectivity index (χ1n) is 11.3. The molecule has 0 aliphatic rings. The molecule has 3 heterocycles. The predicted octanol–water partition coefficient (Wildman–Crippen LogP) is 6.84. The summed E-state index contributed by atoms with van der Waals surface area (Å²) in [6.07, 6.45) is 0. The predicted molar refractivity (Wildman–Crippen MR) is 139 cm³/mol. The zero-order valence-corrected chi connectivity index (χ0v) is 21.4. The SMILES string of the molecule is Cc1ccc2nc(-c3cccc4c3oc3c[c]([Ge]([CH3])([CH3])[CH3])ccc34)n(-c3ccccc3)c2n1. The Labute approximate surface area is 195 Å². The maximum absolute atomic E-state index is 6.54. The number of aromatic nitrogens is 3. The average molecular weight is 492 g/mol. The molecule has 0 saturated heterocycles. The molecule has 0 atom stereocenters. The van der Waals surface area contributed by atoms with Gasteiger partial charge in [-0.05, 0) is 0 Å². The van der Waals surface area contributed by atoms with Crippen LogP contribution in [-0.4, -0.2) is 27.8 Å². The Morgan fingerprint density at radius 1 is 0.788 bits per heavy atom. The summed E-state index contributed by atoms with van der Waals surface area (Å²) >= 11 is -1.97. The van der Waals surface area contributed by atoms with Crippen LogP contribution in [-0.2, 0) is 0 Å². The fourth-order valence-electron chi connectivity index (χ4n) is 4.50. The summed E-state index contributed by atoms with van der Waals surface area (Å²) in [6.45, 7) is 2.01. The van der Waals surface area contributed by atoms with E-state index in [1.807, 2.05) is 37.3 Å². The van der Waals surface area contributed by atoms with Gasteiger partial charge in [-0.25, -0.2) is 0 Å². The Bertz CT molecular complexity index is 1660. The molecule has 33 heavy (non-hydrogen) atoms. The van der Waals surface area contributed by atoms with E-state index in [0.29, 0.717) is 0 Å². The molecule has 0 fully saturated rings. The second-order valence-corrected chi connectivity index (χ2v) is 20.3. The summed E-state index contributed by atoms with van der Waals surface area (Å²) in [4.78, 5) is 9.86. The molecule has 162 valence electrons. The van der Waals surface area contributed by atoms with Crippen LogP contribution in [0, 0.1) is 6.92 Å². The molecule has 5 heteroatoms. The molecular weight excluding hydrogens is 467 g/mol. The van der Waals surface area contributed by atoms with Gasteiger partial charge < -0.3 is 0 Å². The molecule has 0 N–H and O–H groups in total. The molecule has 0 spiro atoms. The summed E-state index contributed by atoms with van der Waals surface area (Å²) in [5.41, 5.74) is 6.52. The molecule has 0 amide bonds.